The number of allylic oxidation sites excluding steroid dienone is 4. The molecule has 0 rings (SSSR count). The predicted molar refractivity (Wildman–Crippen MR) is 218 cm³/mol. The number of hydrogen-bond donors (Lipinski definition) is 3. The van der Waals surface area contributed by atoms with E-state index < -0.39 is 18.2 Å². The molecule has 6 nitrogen and oxygen atoms in total. The lowest BCUT2D eigenvalue weighted by molar-refractivity contribution is -0.150. The average molecular weight is 720 g/mol. The number of carbonyl (C=O) groups is 2. The number of rotatable bonds is 39. The molecule has 0 aliphatic carbocycles. The molecule has 0 heterocycles. The van der Waals surface area contributed by atoms with Crippen molar-refractivity contribution in [1.82, 2.24) is 5.32 Å². The zero-order valence-electron chi connectivity index (χ0n) is 34.0. The lowest BCUT2D eigenvalue weighted by Gasteiger charge is -2.24. The Labute approximate surface area is 316 Å². The van der Waals surface area contributed by atoms with Crippen molar-refractivity contribution < 1.29 is 24.5 Å². The first-order valence-electron chi connectivity index (χ1n) is 22.1. The topological polar surface area (TPSA) is 95.9 Å². The second kappa shape index (κ2) is 39.5. The molecule has 3 unspecified atom stereocenters. The van der Waals surface area contributed by atoms with E-state index >= 15 is 0 Å². The molecular formula is C45H85NO5. The summed E-state index contributed by atoms with van der Waals surface area (Å²) >= 11 is 0. The van der Waals surface area contributed by atoms with Gasteiger partial charge in [-0.05, 0) is 44.9 Å². The smallest absolute Gasteiger partial charge is 0.306 e. The number of carbonyl (C=O) groups excluding carboxylic acids is 2. The molecule has 0 aliphatic heterocycles. The van der Waals surface area contributed by atoms with Crippen molar-refractivity contribution in [1.29, 1.82) is 0 Å². The highest BCUT2D eigenvalue weighted by atomic mass is 16.5. The van der Waals surface area contributed by atoms with Crippen LogP contribution in [0.25, 0.3) is 0 Å². The van der Waals surface area contributed by atoms with E-state index in [1.165, 1.54) is 122 Å². The minimum Gasteiger partial charge on any atom is -0.462 e. The van der Waals surface area contributed by atoms with Gasteiger partial charge in [-0.1, -0.05) is 193 Å². The quantitative estimate of drug-likeness (QED) is 0.0334. The molecule has 0 saturated heterocycles. The number of amides is 1. The fourth-order valence-electron chi connectivity index (χ4n) is 6.66. The van der Waals surface area contributed by atoms with E-state index in [2.05, 4.69) is 44.3 Å². The first kappa shape index (κ1) is 49.3. The maximum atomic E-state index is 13.0. The number of aliphatic hydroxyl groups is 2. The minimum absolute atomic E-state index is 0.0587. The fraction of sp³-hybridized carbons (Fsp3) is 0.867. The van der Waals surface area contributed by atoms with E-state index in [0.29, 0.717) is 25.7 Å². The van der Waals surface area contributed by atoms with E-state index in [9.17, 15) is 19.8 Å². The zero-order chi connectivity index (χ0) is 37.5. The van der Waals surface area contributed by atoms with Crippen LogP contribution in [0.1, 0.15) is 226 Å². The molecule has 51 heavy (non-hydrogen) atoms. The molecule has 0 aromatic rings. The van der Waals surface area contributed by atoms with Gasteiger partial charge in [0.2, 0.25) is 5.91 Å². The number of esters is 1. The van der Waals surface area contributed by atoms with E-state index in [0.717, 1.165) is 51.4 Å². The van der Waals surface area contributed by atoms with Crippen molar-refractivity contribution in [2.24, 2.45) is 0 Å². The van der Waals surface area contributed by atoms with E-state index in [1.54, 1.807) is 0 Å². The lowest BCUT2D eigenvalue weighted by atomic mass is 10.0. The maximum Gasteiger partial charge on any atom is 0.306 e. The highest BCUT2D eigenvalue weighted by Gasteiger charge is 2.24. The molecule has 0 aromatic heterocycles. The second-order valence-corrected chi connectivity index (χ2v) is 15.1. The van der Waals surface area contributed by atoms with Crippen LogP contribution in [-0.4, -0.2) is 46.9 Å². The maximum absolute atomic E-state index is 13.0. The third-order valence-corrected chi connectivity index (χ3v) is 10.0. The monoisotopic (exact) mass is 720 g/mol. The third-order valence-electron chi connectivity index (χ3n) is 10.0. The Balaban J connectivity index is 4.58. The van der Waals surface area contributed by atoms with Crippen molar-refractivity contribution in [3.8, 4) is 0 Å². The first-order valence-corrected chi connectivity index (χ1v) is 22.1. The normalized spacial score (nSPS) is 13.6. The Hall–Kier alpha value is -1.66. The molecule has 0 spiro atoms. The molecule has 1 amide bonds. The van der Waals surface area contributed by atoms with Crippen LogP contribution in [0.5, 0.6) is 0 Å². The Kier molecular flexibility index (Phi) is 38.3. The number of hydrogen-bond acceptors (Lipinski definition) is 5. The summed E-state index contributed by atoms with van der Waals surface area (Å²) in [5.41, 5.74) is 0. The first-order chi connectivity index (χ1) is 25.0. The van der Waals surface area contributed by atoms with Gasteiger partial charge in [0.25, 0.3) is 0 Å². The SMILES string of the molecule is CCCCCCCC/C=C\C/C=C/CCC(=O)OC(CCCCCCCCCC)CC(=O)NC(CO)C(O)CCCCCCCCCCCCC. The van der Waals surface area contributed by atoms with Crippen LogP contribution in [0.4, 0.5) is 0 Å². The fourth-order valence-corrected chi connectivity index (χ4v) is 6.66. The van der Waals surface area contributed by atoms with Gasteiger partial charge in [-0.25, -0.2) is 0 Å². The summed E-state index contributed by atoms with van der Waals surface area (Å²) in [5, 5.41) is 23.5. The van der Waals surface area contributed by atoms with Gasteiger partial charge < -0.3 is 20.3 Å². The minimum atomic E-state index is -0.789. The number of nitrogens with one attached hydrogen (secondary N) is 1. The molecule has 300 valence electrons. The number of aliphatic hydroxyl groups excluding tert-OH is 2. The van der Waals surface area contributed by atoms with Gasteiger partial charge in [-0.3, -0.25) is 9.59 Å². The molecule has 3 N–H and O–H groups in total. The molecule has 0 bridgehead atoms. The highest BCUT2D eigenvalue weighted by Crippen LogP contribution is 2.17. The summed E-state index contributed by atoms with van der Waals surface area (Å²) in [7, 11) is 0. The molecule has 0 aliphatic rings. The Bertz CT molecular complexity index is 812. The molecule has 0 aromatic carbocycles. The summed E-state index contributed by atoms with van der Waals surface area (Å²) < 4.78 is 5.83. The van der Waals surface area contributed by atoms with Gasteiger partial charge >= 0.3 is 5.97 Å². The van der Waals surface area contributed by atoms with Crippen molar-refractivity contribution in [2.75, 3.05) is 6.61 Å². The largest absolute Gasteiger partial charge is 0.462 e. The van der Waals surface area contributed by atoms with Crippen molar-refractivity contribution >= 4 is 11.9 Å². The van der Waals surface area contributed by atoms with Crippen LogP contribution >= 0.6 is 0 Å². The zero-order valence-corrected chi connectivity index (χ0v) is 34.0. The van der Waals surface area contributed by atoms with Crippen molar-refractivity contribution in [2.45, 2.75) is 244 Å². The molecule has 6 heteroatoms. The lowest BCUT2D eigenvalue weighted by Crippen LogP contribution is -2.46. The van der Waals surface area contributed by atoms with Crippen molar-refractivity contribution in [3.05, 3.63) is 24.3 Å². The van der Waals surface area contributed by atoms with Crippen LogP contribution in [0.15, 0.2) is 24.3 Å². The Morgan fingerprint density at radius 1 is 0.569 bits per heavy atom. The molecule has 3 atom stereocenters. The van der Waals surface area contributed by atoms with Gasteiger partial charge in [0, 0.05) is 6.42 Å². The Morgan fingerprint density at radius 3 is 1.49 bits per heavy atom. The van der Waals surface area contributed by atoms with Gasteiger partial charge in [-0.2, -0.15) is 0 Å². The van der Waals surface area contributed by atoms with Crippen LogP contribution in [0, 0.1) is 0 Å². The van der Waals surface area contributed by atoms with E-state index in [4.69, 9.17) is 4.74 Å². The van der Waals surface area contributed by atoms with Crippen LogP contribution in [0.2, 0.25) is 0 Å². The summed E-state index contributed by atoms with van der Waals surface area (Å²) in [6.45, 7) is 6.42. The number of unbranched alkanes of at least 4 members (excludes halogenated alkanes) is 23. The van der Waals surface area contributed by atoms with Crippen molar-refractivity contribution in [3.63, 3.8) is 0 Å². The van der Waals surface area contributed by atoms with Crippen LogP contribution in [-0.2, 0) is 14.3 Å². The summed E-state index contributed by atoms with van der Waals surface area (Å²) in [4.78, 5) is 25.8. The van der Waals surface area contributed by atoms with Gasteiger partial charge in [0.15, 0.2) is 0 Å². The highest BCUT2D eigenvalue weighted by molar-refractivity contribution is 5.77. The van der Waals surface area contributed by atoms with E-state index in [-0.39, 0.29) is 24.9 Å². The van der Waals surface area contributed by atoms with Crippen LogP contribution < -0.4 is 5.32 Å². The predicted octanol–water partition coefficient (Wildman–Crippen LogP) is 12.4. The van der Waals surface area contributed by atoms with Gasteiger partial charge in [-0.15, -0.1) is 0 Å². The summed E-state index contributed by atoms with van der Waals surface area (Å²) in [6.07, 6.45) is 42.5. The molecular weight excluding hydrogens is 634 g/mol. The molecule has 0 saturated carbocycles. The van der Waals surface area contributed by atoms with Gasteiger partial charge in [0.1, 0.15) is 6.10 Å². The number of ether oxygens (including phenoxy) is 1. The standard InChI is InChI=1S/C45H85NO5/c1-4-7-10-13-16-19-21-22-24-26-29-32-35-38-45(50)51-41(36-33-30-27-18-15-12-9-6-3)39-44(49)46-42(40-47)43(48)37-34-31-28-25-23-20-17-14-11-8-5-2/h22,24,29,32,41-43,47-48H,4-21,23,25-28,30-31,33-40H2,1-3H3,(H,46,49)/b24-22-,32-29+. The average Bonchev–Trinajstić information content (AvgIpc) is 3.12. The van der Waals surface area contributed by atoms with E-state index in [1.807, 2.05) is 6.08 Å². The second-order valence-electron chi connectivity index (χ2n) is 15.1. The summed E-state index contributed by atoms with van der Waals surface area (Å²) in [5.74, 6) is -0.553. The molecule has 0 fully saturated rings. The summed E-state index contributed by atoms with van der Waals surface area (Å²) in [6, 6.07) is -0.704. The van der Waals surface area contributed by atoms with Crippen LogP contribution in [0.3, 0.4) is 0 Å². The molecule has 0 radical (unpaired) electrons. The van der Waals surface area contributed by atoms with Gasteiger partial charge in [0.05, 0.1) is 25.2 Å². The third kappa shape index (κ3) is 35.2. The Morgan fingerprint density at radius 2 is 1.00 bits per heavy atom.